The summed E-state index contributed by atoms with van der Waals surface area (Å²) in [4.78, 5) is 4.56. The zero-order valence-corrected chi connectivity index (χ0v) is 18.2. The summed E-state index contributed by atoms with van der Waals surface area (Å²) in [7, 11) is -3.78. The van der Waals surface area contributed by atoms with Crippen molar-refractivity contribution in [2.75, 3.05) is 6.79 Å². The van der Waals surface area contributed by atoms with Crippen molar-refractivity contribution in [3.8, 4) is 17.7 Å². The molecule has 3 rings (SSSR count). The molecule has 0 spiro atoms. The van der Waals surface area contributed by atoms with E-state index in [-0.39, 0.29) is 34.8 Å². The summed E-state index contributed by atoms with van der Waals surface area (Å²) in [6.45, 7) is 5.74. The number of fused-ring (bicyclic) bond motifs is 1. The quantitative estimate of drug-likeness (QED) is 0.218. The third kappa shape index (κ3) is 5.17. The fraction of sp³-hybridized carbons (Fsp3) is 0.130. The van der Waals surface area contributed by atoms with Crippen LogP contribution < -0.4 is 20.1 Å². The van der Waals surface area contributed by atoms with Crippen LogP contribution in [0.1, 0.15) is 12.5 Å². The summed E-state index contributed by atoms with van der Waals surface area (Å²) in [5, 5.41) is 14.5. The number of nitrogens with one attached hydrogen (secondary N) is 2. The Balaban J connectivity index is 1.79. The fourth-order valence-electron chi connectivity index (χ4n) is 2.93. The number of nitriles is 1. The summed E-state index contributed by atoms with van der Waals surface area (Å²) in [6.07, 6.45) is 8.84. The van der Waals surface area contributed by atoms with Crippen LogP contribution in [0.2, 0.25) is 0 Å². The lowest BCUT2D eigenvalue weighted by Gasteiger charge is -2.10. The fourth-order valence-corrected chi connectivity index (χ4v) is 4.34. The Morgan fingerprint density at radius 1 is 1.25 bits per heavy atom. The van der Waals surface area contributed by atoms with E-state index in [1.165, 1.54) is 18.2 Å². The summed E-state index contributed by atoms with van der Waals surface area (Å²) in [5.41, 5.74) is 1.47. The number of allylic oxidation sites excluding steroid dienone is 4. The number of sulfone groups is 1. The molecule has 0 atom stereocenters. The van der Waals surface area contributed by atoms with Gasteiger partial charge in [-0.3, -0.25) is 5.32 Å². The van der Waals surface area contributed by atoms with Gasteiger partial charge in [-0.1, -0.05) is 36.9 Å². The van der Waals surface area contributed by atoms with Crippen LogP contribution in [0.5, 0.6) is 11.5 Å². The topological polar surface area (TPSA) is 113 Å². The smallest absolute Gasteiger partial charge is 0.231 e. The molecule has 0 amide bonds. The summed E-state index contributed by atoms with van der Waals surface area (Å²) >= 11 is 0. The van der Waals surface area contributed by atoms with Crippen molar-refractivity contribution in [1.29, 1.82) is 5.26 Å². The highest BCUT2D eigenvalue weighted by Crippen LogP contribution is 2.40. The Hall–Kier alpha value is -4.03. The average Bonchev–Trinajstić information content (AvgIpc) is 3.27. The standard InChI is InChI=1S/C23H22N4O4S/c1-3-6-18(7-4-2)27-23(26-15-24)25-14-17-10-12-19(13-11-17)32(28,29)21-9-5-8-20-22(21)31-16-30-20/h3-13H,1,14,16H2,2H3,(H2,25,26,27)/b7-4-,18-6+. The minimum atomic E-state index is -3.78. The molecule has 0 bridgehead atoms. The molecule has 0 fully saturated rings. The molecule has 8 nitrogen and oxygen atoms in total. The number of aliphatic imine (C=N–C) groups is 1. The lowest BCUT2D eigenvalue weighted by atomic mass is 10.2. The number of hydrogen-bond donors (Lipinski definition) is 2. The van der Waals surface area contributed by atoms with Crippen LogP contribution in [0.3, 0.4) is 0 Å². The zero-order chi connectivity index (χ0) is 23.0. The van der Waals surface area contributed by atoms with Crippen molar-refractivity contribution in [3.05, 3.63) is 84.6 Å². The predicted molar refractivity (Wildman–Crippen MR) is 121 cm³/mol. The number of hydrogen-bond acceptors (Lipinski definition) is 6. The Labute approximate surface area is 187 Å². The van der Waals surface area contributed by atoms with Crippen molar-refractivity contribution in [2.45, 2.75) is 23.3 Å². The van der Waals surface area contributed by atoms with Crippen LogP contribution in [0.25, 0.3) is 0 Å². The van der Waals surface area contributed by atoms with E-state index < -0.39 is 9.84 Å². The summed E-state index contributed by atoms with van der Waals surface area (Å²) < 4.78 is 36.7. The Morgan fingerprint density at radius 2 is 2.03 bits per heavy atom. The van der Waals surface area contributed by atoms with E-state index in [9.17, 15) is 8.42 Å². The highest BCUT2D eigenvalue weighted by atomic mass is 32.2. The van der Waals surface area contributed by atoms with Gasteiger partial charge in [0.05, 0.1) is 11.4 Å². The number of guanidine groups is 1. The van der Waals surface area contributed by atoms with E-state index in [1.54, 1.807) is 36.4 Å². The van der Waals surface area contributed by atoms with Gasteiger partial charge in [0, 0.05) is 5.70 Å². The first-order valence-electron chi connectivity index (χ1n) is 9.64. The highest BCUT2D eigenvalue weighted by molar-refractivity contribution is 7.91. The van der Waals surface area contributed by atoms with E-state index in [4.69, 9.17) is 14.7 Å². The average molecular weight is 451 g/mol. The van der Waals surface area contributed by atoms with E-state index in [1.807, 2.05) is 25.3 Å². The first kappa shape index (κ1) is 22.7. The molecule has 2 N–H and O–H groups in total. The monoisotopic (exact) mass is 450 g/mol. The number of ether oxygens (including phenoxy) is 2. The Morgan fingerprint density at radius 3 is 2.72 bits per heavy atom. The van der Waals surface area contributed by atoms with Gasteiger partial charge in [-0.15, -0.1) is 0 Å². The molecular weight excluding hydrogens is 428 g/mol. The SMILES string of the molecule is C=C/C=C(\C=C/C)NC(=NCc1ccc(S(=O)(=O)c2cccc3c2OCO3)cc1)NC#N. The van der Waals surface area contributed by atoms with Gasteiger partial charge in [-0.25, -0.2) is 13.4 Å². The molecule has 0 saturated heterocycles. The van der Waals surface area contributed by atoms with E-state index in [0.29, 0.717) is 11.4 Å². The number of nitrogens with zero attached hydrogens (tertiary/aromatic N) is 2. The van der Waals surface area contributed by atoms with Gasteiger partial charge in [-0.05, 0) is 48.9 Å². The molecule has 1 heterocycles. The van der Waals surface area contributed by atoms with E-state index >= 15 is 0 Å². The van der Waals surface area contributed by atoms with Crippen LogP contribution >= 0.6 is 0 Å². The zero-order valence-electron chi connectivity index (χ0n) is 17.4. The third-order valence-corrected chi connectivity index (χ3v) is 6.18. The van der Waals surface area contributed by atoms with Gasteiger partial charge < -0.3 is 14.8 Å². The van der Waals surface area contributed by atoms with Crippen LogP contribution in [-0.4, -0.2) is 21.2 Å². The maximum absolute atomic E-state index is 13.1. The van der Waals surface area contributed by atoms with Crippen LogP contribution in [0.15, 0.2) is 93.8 Å². The number of para-hydroxylation sites is 1. The largest absolute Gasteiger partial charge is 0.454 e. The molecule has 2 aromatic rings. The molecule has 0 aromatic heterocycles. The second-order valence-electron chi connectivity index (χ2n) is 6.52. The van der Waals surface area contributed by atoms with Gasteiger partial charge in [-0.2, -0.15) is 5.26 Å². The van der Waals surface area contributed by atoms with Crippen molar-refractivity contribution in [2.24, 2.45) is 4.99 Å². The molecule has 0 unspecified atom stereocenters. The second kappa shape index (κ2) is 10.3. The third-order valence-electron chi connectivity index (χ3n) is 4.38. The number of benzene rings is 2. The van der Waals surface area contributed by atoms with Crippen molar-refractivity contribution >= 4 is 15.8 Å². The number of rotatable bonds is 7. The normalized spacial score (nSPS) is 13.6. The first-order valence-corrected chi connectivity index (χ1v) is 11.1. The first-order chi connectivity index (χ1) is 15.5. The molecule has 164 valence electrons. The minimum Gasteiger partial charge on any atom is -0.454 e. The molecule has 9 heteroatoms. The van der Waals surface area contributed by atoms with Crippen molar-refractivity contribution in [1.82, 2.24) is 10.6 Å². The summed E-state index contributed by atoms with van der Waals surface area (Å²) in [5.74, 6) is 0.890. The lowest BCUT2D eigenvalue weighted by Crippen LogP contribution is -2.33. The Bertz CT molecular complexity index is 1220. The molecule has 1 aliphatic rings. The van der Waals surface area contributed by atoms with Gasteiger partial charge in [0.25, 0.3) is 0 Å². The van der Waals surface area contributed by atoms with E-state index in [2.05, 4.69) is 22.2 Å². The van der Waals surface area contributed by atoms with Crippen molar-refractivity contribution in [3.63, 3.8) is 0 Å². The maximum atomic E-state index is 13.1. The second-order valence-corrected chi connectivity index (χ2v) is 8.44. The van der Waals surface area contributed by atoms with Crippen molar-refractivity contribution < 1.29 is 17.9 Å². The maximum Gasteiger partial charge on any atom is 0.231 e. The molecular formula is C23H22N4O4S. The highest BCUT2D eigenvalue weighted by Gasteiger charge is 2.27. The molecule has 2 aromatic carbocycles. The minimum absolute atomic E-state index is 0.0103. The van der Waals surface area contributed by atoms with Gasteiger partial charge in [0.2, 0.25) is 22.6 Å². The van der Waals surface area contributed by atoms with E-state index in [0.717, 1.165) is 5.56 Å². The molecule has 0 saturated carbocycles. The molecule has 0 aliphatic carbocycles. The summed E-state index contributed by atoms with van der Waals surface area (Å²) in [6, 6.07) is 11.1. The molecule has 0 radical (unpaired) electrons. The Kier molecular flexibility index (Phi) is 7.31. The van der Waals surface area contributed by atoms with Gasteiger partial charge in [0.15, 0.2) is 17.7 Å². The van der Waals surface area contributed by atoms with Gasteiger partial charge >= 0.3 is 0 Å². The lowest BCUT2D eigenvalue weighted by molar-refractivity contribution is 0.172. The van der Waals surface area contributed by atoms with Crippen LogP contribution in [-0.2, 0) is 16.4 Å². The predicted octanol–water partition coefficient (Wildman–Crippen LogP) is 3.41. The molecule has 1 aliphatic heterocycles. The molecule has 32 heavy (non-hydrogen) atoms. The van der Waals surface area contributed by atoms with Crippen LogP contribution in [0.4, 0.5) is 0 Å². The van der Waals surface area contributed by atoms with Crippen LogP contribution in [0, 0.1) is 11.5 Å². The van der Waals surface area contributed by atoms with Gasteiger partial charge in [0.1, 0.15) is 4.90 Å².